The van der Waals surface area contributed by atoms with E-state index in [0.29, 0.717) is 18.6 Å². The van der Waals surface area contributed by atoms with Crippen LogP contribution in [0.25, 0.3) is 0 Å². The maximum Gasteiger partial charge on any atom is 0.310 e. The minimum absolute atomic E-state index is 0.00181. The monoisotopic (exact) mass is 269 g/mol. The number of fused-ring (bicyclic) bond motifs is 1. The molecule has 110 valence electrons. The van der Waals surface area contributed by atoms with E-state index in [-0.39, 0.29) is 18.0 Å². The fourth-order valence-corrected chi connectivity index (χ4v) is 3.79. The highest BCUT2D eigenvalue weighted by atomic mass is 16.5. The van der Waals surface area contributed by atoms with Crippen molar-refractivity contribution in [2.45, 2.75) is 58.1 Å². The highest BCUT2D eigenvalue weighted by Gasteiger charge is 2.41. The molecule has 1 N–H and O–H groups in total. The van der Waals surface area contributed by atoms with E-state index in [4.69, 9.17) is 4.74 Å². The number of hydrogen-bond donors (Lipinski definition) is 1. The lowest BCUT2D eigenvalue weighted by Gasteiger charge is -2.47. The van der Waals surface area contributed by atoms with Crippen molar-refractivity contribution < 1.29 is 14.6 Å². The fraction of sp³-hybridized carbons (Fsp3) is 0.933. The van der Waals surface area contributed by atoms with E-state index in [1.54, 1.807) is 0 Å². The summed E-state index contributed by atoms with van der Waals surface area (Å²) >= 11 is 0. The van der Waals surface area contributed by atoms with Crippen molar-refractivity contribution in [1.29, 1.82) is 0 Å². The largest absolute Gasteiger partial charge is 0.466 e. The van der Waals surface area contributed by atoms with Crippen LogP contribution in [0.5, 0.6) is 0 Å². The van der Waals surface area contributed by atoms with Crippen LogP contribution in [0.1, 0.15) is 46.0 Å². The number of esters is 1. The van der Waals surface area contributed by atoms with Gasteiger partial charge in [-0.2, -0.15) is 0 Å². The number of hydrogen-bond acceptors (Lipinski definition) is 4. The summed E-state index contributed by atoms with van der Waals surface area (Å²) in [5.41, 5.74) is 0. The van der Waals surface area contributed by atoms with Gasteiger partial charge in [-0.25, -0.2) is 0 Å². The van der Waals surface area contributed by atoms with E-state index in [9.17, 15) is 9.90 Å². The topological polar surface area (TPSA) is 49.8 Å². The first-order valence-corrected chi connectivity index (χ1v) is 7.74. The summed E-state index contributed by atoms with van der Waals surface area (Å²) in [6.45, 7) is 6.38. The van der Waals surface area contributed by atoms with Crippen molar-refractivity contribution in [3.05, 3.63) is 0 Å². The minimum Gasteiger partial charge on any atom is -0.466 e. The molecule has 0 radical (unpaired) electrons. The predicted molar refractivity (Wildman–Crippen MR) is 73.7 cm³/mol. The predicted octanol–water partition coefficient (Wildman–Crippen LogP) is 1.81. The van der Waals surface area contributed by atoms with Gasteiger partial charge >= 0.3 is 5.97 Å². The molecule has 4 atom stereocenters. The number of carbonyl (C=O) groups is 1. The Morgan fingerprint density at radius 2 is 2.11 bits per heavy atom. The third-order valence-corrected chi connectivity index (χ3v) is 4.56. The van der Waals surface area contributed by atoms with Gasteiger partial charge in [-0.3, -0.25) is 9.69 Å². The molecule has 2 rings (SSSR count). The molecule has 2 fully saturated rings. The lowest BCUT2D eigenvalue weighted by Crippen LogP contribution is -2.53. The summed E-state index contributed by atoms with van der Waals surface area (Å²) in [6, 6.07) is 0.564. The highest BCUT2D eigenvalue weighted by molar-refractivity contribution is 5.72. The van der Waals surface area contributed by atoms with E-state index in [0.717, 1.165) is 45.2 Å². The summed E-state index contributed by atoms with van der Waals surface area (Å²) in [6.07, 6.45) is 4.65. The Hall–Kier alpha value is -0.610. The summed E-state index contributed by atoms with van der Waals surface area (Å²) in [4.78, 5) is 14.5. The second-order valence-corrected chi connectivity index (χ2v) is 5.97. The number of rotatable bonds is 4. The molecule has 0 spiro atoms. The van der Waals surface area contributed by atoms with Crippen molar-refractivity contribution in [3.8, 4) is 0 Å². The van der Waals surface area contributed by atoms with Crippen molar-refractivity contribution in [1.82, 2.24) is 4.90 Å². The van der Waals surface area contributed by atoms with E-state index < -0.39 is 0 Å². The molecule has 1 saturated carbocycles. The average Bonchev–Trinajstić information content (AvgIpc) is 2.38. The highest BCUT2D eigenvalue weighted by Crippen LogP contribution is 2.38. The molecule has 1 aliphatic carbocycles. The van der Waals surface area contributed by atoms with E-state index in [2.05, 4.69) is 11.8 Å². The van der Waals surface area contributed by atoms with Gasteiger partial charge < -0.3 is 9.84 Å². The van der Waals surface area contributed by atoms with Crippen molar-refractivity contribution in [3.63, 3.8) is 0 Å². The van der Waals surface area contributed by atoms with Crippen molar-refractivity contribution >= 4 is 5.97 Å². The molecule has 19 heavy (non-hydrogen) atoms. The molecule has 0 amide bonds. The van der Waals surface area contributed by atoms with Crippen molar-refractivity contribution in [2.75, 3.05) is 19.7 Å². The third kappa shape index (κ3) is 3.48. The quantitative estimate of drug-likeness (QED) is 0.791. The molecule has 0 aromatic carbocycles. The van der Waals surface area contributed by atoms with Crippen LogP contribution < -0.4 is 0 Å². The van der Waals surface area contributed by atoms with Crippen LogP contribution in [-0.4, -0.2) is 47.8 Å². The first-order valence-electron chi connectivity index (χ1n) is 7.74. The smallest absolute Gasteiger partial charge is 0.310 e. The lowest BCUT2D eigenvalue weighted by molar-refractivity contribution is -0.153. The molecule has 1 heterocycles. The molecule has 4 heteroatoms. The summed E-state index contributed by atoms with van der Waals surface area (Å²) in [7, 11) is 0. The molecule has 2 aliphatic rings. The molecular weight excluding hydrogens is 242 g/mol. The van der Waals surface area contributed by atoms with Gasteiger partial charge in [-0.1, -0.05) is 6.92 Å². The Bertz CT molecular complexity index is 300. The zero-order chi connectivity index (χ0) is 13.8. The number of carbonyl (C=O) groups excluding carboxylic acids is 1. The van der Waals surface area contributed by atoms with Gasteiger partial charge in [0.1, 0.15) is 0 Å². The fourth-order valence-electron chi connectivity index (χ4n) is 3.79. The summed E-state index contributed by atoms with van der Waals surface area (Å²) < 4.78 is 5.19. The van der Waals surface area contributed by atoms with Crippen molar-refractivity contribution in [2.24, 2.45) is 11.8 Å². The molecule has 4 nitrogen and oxygen atoms in total. The molecule has 0 unspecified atom stereocenters. The SMILES string of the molecule is CCCN1C[C@H](C(=O)OCC)C[C@@H]2C[C@H](O)CC[C@H]21. The van der Waals surface area contributed by atoms with E-state index >= 15 is 0 Å². The maximum absolute atomic E-state index is 12.0. The van der Waals surface area contributed by atoms with Gasteiger partial charge in [0.25, 0.3) is 0 Å². The maximum atomic E-state index is 12.0. The zero-order valence-electron chi connectivity index (χ0n) is 12.2. The Labute approximate surface area is 116 Å². The molecule has 1 saturated heterocycles. The van der Waals surface area contributed by atoms with E-state index in [1.165, 1.54) is 0 Å². The molecule has 0 aromatic rings. The van der Waals surface area contributed by atoms with Crippen LogP contribution in [0.4, 0.5) is 0 Å². The second kappa shape index (κ2) is 6.71. The minimum atomic E-state index is -0.175. The van der Waals surface area contributed by atoms with E-state index in [1.807, 2.05) is 6.92 Å². The third-order valence-electron chi connectivity index (χ3n) is 4.56. The zero-order valence-corrected chi connectivity index (χ0v) is 12.2. The first kappa shape index (κ1) is 14.8. The van der Waals surface area contributed by atoms with Gasteiger partial charge in [0.05, 0.1) is 18.6 Å². The first-order chi connectivity index (χ1) is 9.15. The summed E-state index contributed by atoms with van der Waals surface area (Å²) in [5, 5.41) is 9.86. The Balaban J connectivity index is 2.04. The van der Waals surface area contributed by atoms with Gasteiger partial charge in [0.2, 0.25) is 0 Å². The number of ether oxygens (including phenoxy) is 1. The van der Waals surface area contributed by atoms with Crippen LogP contribution in [0, 0.1) is 11.8 Å². The Morgan fingerprint density at radius 3 is 2.79 bits per heavy atom. The van der Waals surface area contributed by atoms with Crippen LogP contribution >= 0.6 is 0 Å². The number of aliphatic hydroxyl groups is 1. The molecule has 0 bridgehead atoms. The van der Waals surface area contributed by atoms with Crippen LogP contribution in [0.3, 0.4) is 0 Å². The van der Waals surface area contributed by atoms with Crippen LogP contribution in [-0.2, 0) is 9.53 Å². The second-order valence-electron chi connectivity index (χ2n) is 5.97. The lowest BCUT2D eigenvalue weighted by atomic mass is 9.74. The number of piperidine rings is 1. The Morgan fingerprint density at radius 1 is 1.32 bits per heavy atom. The van der Waals surface area contributed by atoms with Crippen LogP contribution in [0.2, 0.25) is 0 Å². The molecular formula is C15H27NO3. The van der Waals surface area contributed by atoms with Gasteiger partial charge in [0, 0.05) is 12.6 Å². The normalized spacial score (nSPS) is 35.7. The molecule has 0 aromatic heterocycles. The van der Waals surface area contributed by atoms with Gasteiger partial charge in [-0.15, -0.1) is 0 Å². The number of aliphatic hydroxyl groups excluding tert-OH is 1. The van der Waals surface area contributed by atoms with Gasteiger partial charge in [0.15, 0.2) is 0 Å². The number of likely N-dealkylation sites (tertiary alicyclic amines) is 1. The van der Waals surface area contributed by atoms with Crippen LogP contribution in [0.15, 0.2) is 0 Å². The Kier molecular flexibility index (Phi) is 5.22. The average molecular weight is 269 g/mol. The van der Waals surface area contributed by atoms with Gasteiger partial charge in [-0.05, 0) is 51.5 Å². The summed E-state index contributed by atoms with van der Waals surface area (Å²) in [5.74, 6) is 0.402. The standard InChI is InChI=1S/C15H27NO3/c1-3-7-16-10-12(15(18)19-4-2)8-11-9-13(17)5-6-14(11)16/h11-14,17H,3-10H2,1-2H3/t11-,12-,13-,14-/m1/s1. The molecule has 1 aliphatic heterocycles. The number of nitrogens with zero attached hydrogens (tertiary/aromatic N) is 1.